The van der Waals surface area contributed by atoms with E-state index < -0.39 is 76.7 Å². The van der Waals surface area contributed by atoms with Gasteiger partial charge in [0.15, 0.2) is 11.9 Å². The van der Waals surface area contributed by atoms with Crippen molar-refractivity contribution in [3.05, 3.63) is 53.1 Å². The lowest BCUT2D eigenvalue weighted by Crippen LogP contribution is -2.68. The van der Waals surface area contributed by atoms with E-state index in [0.717, 1.165) is 5.56 Å². The molecule has 1 heterocycles. The fraction of sp³-hybridized carbons (Fsp3) is 0.559. The first kappa shape index (κ1) is 32.4. The number of carbonyl (C=O) groups excluding carboxylic acids is 4. The van der Waals surface area contributed by atoms with Crippen molar-refractivity contribution in [2.24, 2.45) is 22.7 Å². The maximum Gasteiger partial charge on any atom is 0.506 e. The van der Waals surface area contributed by atoms with Gasteiger partial charge in [-0.3, -0.25) is 14.4 Å². The summed E-state index contributed by atoms with van der Waals surface area (Å²) in [6, 6.07) is 9.27. The summed E-state index contributed by atoms with van der Waals surface area (Å²) in [6.07, 6.45) is -2.30. The van der Waals surface area contributed by atoms with Crippen LogP contribution in [0, 0.1) is 22.7 Å². The van der Waals surface area contributed by atoms with Gasteiger partial charge in [-0.25, -0.2) is 9.59 Å². The van der Waals surface area contributed by atoms with Gasteiger partial charge in [-0.2, -0.15) is 0 Å². The summed E-state index contributed by atoms with van der Waals surface area (Å²) in [5.74, 6) is -3.50. The maximum absolute atomic E-state index is 13.6. The van der Waals surface area contributed by atoms with Crippen molar-refractivity contribution in [2.75, 3.05) is 6.61 Å². The van der Waals surface area contributed by atoms with E-state index in [9.17, 15) is 29.1 Å². The third kappa shape index (κ3) is 5.78. The highest BCUT2D eigenvalue weighted by Gasteiger charge is 2.74. The van der Waals surface area contributed by atoms with Crippen LogP contribution in [-0.4, -0.2) is 71.6 Å². The molecule has 1 N–H and O–H groups in total. The van der Waals surface area contributed by atoms with Crippen molar-refractivity contribution in [3.63, 3.8) is 0 Å². The smallest absolute Gasteiger partial charge is 0.462 e. The molecule has 0 unspecified atom stereocenters. The lowest BCUT2D eigenvalue weighted by Gasteiger charge is -2.60. The van der Waals surface area contributed by atoms with Crippen LogP contribution in [0.25, 0.3) is 6.08 Å². The predicted molar refractivity (Wildman–Crippen MR) is 158 cm³/mol. The third-order valence-electron chi connectivity index (χ3n) is 10.3. The van der Waals surface area contributed by atoms with Gasteiger partial charge in [0.05, 0.1) is 6.61 Å². The largest absolute Gasteiger partial charge is 0.506 e. The first-order chi connectivity index (χ1) is 21.1. The second-order valence-electron chi connectivity index (χ2n) is 13.3. The minimum absolute atomic E-state index is 0.0191. The number of esters is 3. The fourth-order valence-corrected chi connectivity index (χ4v) is 8.31. The van der Waals surface area contributed by atoms with Gasteiger partial charge in [-0.1, -0.05) is 51.1 Å². The summed E-state index contributed by atoms with van der Waals surface area (Å²) >= 11 is 0. The standard InChI is InChI=1S/C34H40O11/c1-18-23(37)16-22-27(42-19(2)35)29-33(6,30(43-20(3)36)28(45-31(39)40)26(18)32(22,4)5)15-14-24(34(29)17-41-34)44-25(38)13-12-21-10-8-7-9-11-21/h7-13,22,24,27-30H,14-17H2,1-6H3,(H,39,40)/t22-,24+,27-,28-,29+,30+,33+,34+/m1/s1. The number of carbonyl (C=O) groups is 5. The molecule has 0 amide bonds. The Morgan fingerprint density at radius 2 is 1.62 bits per heavy atom. The highest BCUT2D eigenvalue weighted by molar-refractivity contribution is 5.97. The van der Waals surface area contributed by atoms with E-state index in [1.165, 1.54) is 19.9 Å². The third-order valence-corrected chi connectivity index (χ3v) is 10.3. The molecule has 8 atom stereocenters. The van der Waals surface area contributed by atoms with E-state index in [4.69, 9.17) is 23.7 Å². The van der Waals surface area contributed by atoms with Crippen LogP contribution in [-0.2, 0) is 42.9 Å². The SMILES string of the molecule is CC(=O)O[C@@H]1[C@H]2CC(=O)C(C)=C([C@@H](OC(=O)O)[C@H](OC(C)=O)[C@@]3(C)CC[C@H](OC(=O)C=Cc4ccccc4)[C@@]4(CO4)[C@@H]13)C2(C)C. The van der Waals surface area contributed by atoms with E-state index >= 15 is 0 Å². The lowest BCUT2D eigenvalue weighted by molar-refractivity contribution is -0.223. The van der Waals surface area contributed by atoms with E-state index in [1.807, 2.05) is 51.1 Å². The van der Waals surface area contributed by atoms with Crippen molar-refractivity contribution < 1.29 is 52.8 Å². The molecule has 2 bridgehead atoms. The average Bonchev–Trinajstić information content (AvgIpc) is 3.73. The Hall–Kier alpha value is -3.99. The number of Topliss-reactive ketones (excluding diaryl/α,β-unsaturated/α-hetero) is 1. The Morgan fingerprint density at radius 3 is 2.20 bits per heavy atom. The summed E-state index contributed by atoms with van der Waals surface area (Å²) in [6.45, 7) is 9.79. The number of ketones is 1. The first-order valence-electron chi connectivity index (χ1n) is 15.2. The number of fused-ring (bicyclic) bond motifs is 4. The van der Waals surface area contributed by atoms with Gasteiger partial charge in [0.2, 0.25) is 0 Å². The Labute approximate surface area is 261 Å². The number of hydrogen-bond acceptors (Lipinski definition) is 10. The van der Waals surface area contributed by atoms with Crippen LogP contribution in [0.5, 0.6) is 0 Å². The van der Waals surface area contributed by atoms with Crippen molar-refractivity contribution in [2.45, 2.75) is 90.8 Å². The van der Waals surface area contributed by atoms with Crippen LogP contribution in [0.2, 0.25) is 0 Å². The quantitative estimate of drug-likeness (QED) is 0.203. The van der Waals surface area contributed by atoms with Crippen LogP contribution in [0.4, 0.5) is 4.79 Å². The molecule has 1 aromatic rings. The number of benzene rings is 1. The molecule has 0 aromatic heterocycles. The van der Waals surface area contributed by atoms with Crippen molar-refractivity contribution >= 4 is 35.9 Å². The molecular formula is C34H40O11. The second-order valence-corrected chi connectivity index (χ2v) is 13.3. The molecule has 1 aliphatic heterocycles. The maximum atomic E-state index is 13.6. The summed E-state index contributed by atoms with van der Waals surface area (Å²) in [7, 11) is 0. The van der Waals surface area contributed by atoms with Crippen LogP contribution in [0.1, 0.15) is 66.4 Å². The molecule has 45 heavy (non-hydrogen) atoms. The number of rotatable bonds is 6. The number of hydrogen-bond donors (Lipinski definition) is 1. The fourth-order valence-electron chi connectivity index (χ4n) is 8.31. The Kier molecular flexibility index (Phi) is 8.46. The van der Waals surface area contributed by atoms with Gasteiger partial charge in [-0.15, -0.1) is 0 Å². The number of allylic oxidation sites excluding steroid dienone is 1. The molecule has 2 saturated carbocycles. The molecule has 1 saturated heterocycles. The topological polar surface area (TPSA) is 155 Å². The van der Waals surface area contributed by atoms with Crippen molar-refractivity contribution in [1.82, 2.24) is 0 Å². The van der Waals surface area contributed by atoms with Crippen LogP contribution < -0.4 is 0 Å². The predicted octanol–water partition coefficient (Wildman–Crippen LogP) is 4.67. The van der Waals surface area contributed by atoms with Crippen molar-refractivity contribution in [1.29, 1.82) is 0 Å². The summed E-state index contributed by atoms with van der Waals surface area (Å²) in [5.41, 5.74) is -1.69. The Bertz CT molecular complexity index is 1450. The number of carboxylic acid groups (broad SMARTS) is 1. The summed E-state index contributed by atoms with van der Waals surface area (Å²) < 4.78 is 29.9. The van der Waals surface area contributed by atoms with Crippen molar-refractivity contribution in [3.8, 4) is 0 Å². The van der Waals surface area contributed by atoms with Gasteiger partial charge >= 0.3 is 24.1 Å². The average molecular weight is 625 g/mol. The minimum atomic E-state index is -1.59. The zero-order valence-corrected chi connectivity index (χ0v) is 26.4. The molecular weight excluding hydrogens is 584 g/mol. The minimum Gasteiger partial charge on any atom is -0.462 e. The summed E-state index contributed by atoms with van der Waals surface area (Å²) in [4.78, 5) is 64.3. The molecule has 0 radical (unpaired) electrons. The zero-order valence-electron chi connectivity index (χ0n) is 26.4. The van der Waals surface area contributed by atoms with E-state index in [0.29, 0.717) is 11.1 Å². The molecule has 1 spiro atoms. The molecule has 3 fully saturated rings. The second kappa shape index (κ2) is 11.7. The van der Waals surface area contributed by atoms with E-state index in [2.05, 4.69) is 0 Å². The molecule has 11 nitrogen and oxygen atoms in total. The Balaban J connectivity index is 1.66. The van der Waals surface area contributed by atoms with Crippen LogP contribution in [0.15, 0.2) is 47.6 Å². The number of ether oxygens (including phenoxy) is 5. The van der Waals surface area contributed by atoms with Gasteiger partial charge < -0.3 is 28.8 Å². The lowest BCUT2D eigenvalue weighted by atomic mass is 9.48. The molecule has 1 aromatic carbocycles. The summed E-state index contributed by atoms with van der Waals surface area (Å²) in [5, 5.41) is 9.91. The normalized spacial score (nSPS) is 35.1. The van der Waals surface area contributed by atoms with Gasteiger partial charge in [0.25, 0.3) is 0 Å². The number of epoxide rings is 1. The molecule has 242 valence electrons. The van der Waals surface area contributed by atoms with E-state index in [1.54, 1.807) is 13.0 Å². The zero-order chi connectivity index (χ0) is 32.9. The molecule has 3 aliphatic carbocycles. The highest BCUT2D eigenvalue weighted by atomic mass is 16.7. The monoisotopic (exact) mass is 624 g/mol. The first-order valence-corrected chi connectivity index (χ1v) is 15.2. The van der Waals surface area contributed by atoms with Gasteiger partial charge in [-0.05, 0) is 48.0 Å². The van der Waals surface area contributed by atoms with Crippen LogP contribution >= 0.6 is 0 Å². The van der Waals surface area contributed by atoms with Crippen LogP contribution in [0.3, 0.4) is 0 Å². The van der Waals surface area contributed by atoms with Gasteiger partial charge in [0.1, 0.15) is 23.9 Å². The highest BCUT2D eigenvalue weighted by Crippen LogP contribution is 2.65. The van der Waals surface area contributed by atoms with E-state index in [-0.39, 0.29) is 31.7 Å². The molecule has 11 heteroatoms. The molecule has 5 rings (SSSR count). The molecule has 4 aliphatic rings. The van der Waals surface area contributed by atoms with Gasteiger partial charge in [0, 0.05) is 43.6 Å². The Morgan fingerprint density at radius 1 is 0.978 bits per heavy atom.